The van der Waals surface area contributed by atoms with Crippen molar-refractivity contribution in [1.82, 2.24) is 10.6 Å². The van der Waals surface area contributed by atoms with Crippen LogP contribution in [0.3, 0.4) is 0 Å². The third kappa shape index (κ3) is 5.19. The van der Waals surface area contributed by atoms with Crippen molar-refractivity contribution in [2.75, 3.05) is 19.6 Å². The Labute approximate surface area is 114 Å². The first kappa shape index (κ1) is 14.3. The van der Waals surface area contributed by atoms with Crippen LogP contribution < -0.4 is 10.6 Å². The first-order valence-corrected chi connectivity index (χ1v) is 7.35. The fourth-order valence-electron chi connectivity index (χ4n) is 2.65. The highest BCUT2D eigenvalue weighted by Crippen LogP contribution is 2.28. The number of carbonyl (C=O) groups excluding carboxylic acids is 1. The van der Waals surface area contributed by atoms with Crippen LogP contribution in [0.5, 0.6) is 0 Å². The zero-order valence-corrected chi connectivity index (χ0v) is 11.4. The van der Waals surface area contributed by atoms with Gasteiger partial charge in [0.15, 0.2) is 0 Å². The van der Waals surface area contributed by atoms with Gasteiger partial charge in [0.2, 0.25) is 5.91 Å². The maximum Gasteiger partial charge on any atom is 0.306 e. The summed E-state index contributed by atoms with van der Waals surface area (Å²) in [6.45, 7) is 2.03. The Morgan fingerprint density at radius 1 is 0.947 bits per heavy atom. The zero-order valence-electron chi connectivity index (χ0n) is 11.4. The molecule has 0 unspecified atom stereocenters. The van der Waals surface area contributed by atoms with E-state index in [0.29, 0.717) is 12.5 Å². The minimum Gasteiger partial charge on any atom is -0.481 e. The summed E-state index contributed by atoms with van der Waals surface area (Å²) in [5.74, 6) is 0.497. The van der Waals surface area contributed by atoms with Gasteiger partial charge in [-0.2, -0.15) is 0 Å². The third-order valence-corrected chi connectivity index (χ3v) is 4.20. The molecule has 0 heterocycles. The van der Waals surface area contributed by atoms with Gasteiger partial charge in [0, 0.05) is 6.54 Å². The van der Waals surface area contributed by atoms with Crippen LogP contribution in [-0.4, -0.2) is 36.6 Å². The molecule has 1 amide bonds. The van der Waals surface area contributed by atoms with E-state index >= 15 is 0 Å². The number of carboxylic acid groups (broad SMARTS) is 1. The van der Waals surface area contributed by atoms with Gasteiger partial charge in [-0.05, 0) is 56.9 Å². The predicted octanol–water partition coefficient (Wildman–Crippen LogP) is 0.993. The molecule has 2 aliphatic rings. The monoisotopic (exact) mass is 268 g/mol. The van der Waals surface area contributed by atoms with Gasteiger partial charge in [-0.1, -0.05) is 0 Å². The van der Waals surface area contributed by atoms with E-state index in [0.717, 1.165) is 44.7 Å². The smallest absolute Gasteiger partial charge is 0.306 e. The van der Waals surface area contributed by atoms with Crippen molar-refractivity contribution in [2.24, 2.45) is 17.8 Å². The van der Waals surface area contributed by atoms with E-state index in [1.54, 1.807) is 0 Å². The molecule has 0 spiro atoms. The summed E-state index contributed by atoms with van der Waals surface area (Å²) in [5.41, 5.74) is 0. The lowest BCUT2D eigenvalue weighted by molar-refractivity contribution is -0.143. The quantitative estimate of drug-likeness (QED) is 0.643. The maximum absolute atomic E-state index is 11.5. The van der Waals surface area contributed by atoms with Gasteiger partial charge >= 0.3 is 5.97 Å². The highest BCUT2D eigenvalue weighted by molar-refractivity contribution is 5.78. The molecule has 0 aromatic heterocycles. The van der Waals surface area contributed by atoms with Crippen molar-refractivity contribution in [3.05, 3.63) is 0 Å². The molecule has 3 N–H and O–H groups in total. The van der Waals surface area contributed by atoms with Crippen LogP contribution in [0.15, 0.2) is 0 Å². The van der Waals surface area contributed by atoms with Crippen LogP contribution in [0.1, 0.15) is 38.5 Å². The summed E-state index contributed by atoms with van der Waals surface area (Å²) < 4.78 is 0. The van der Waals surface area contributed by atoms with Crippen LogP contribution in [0.25, 0.3) is 0 Å². The lowest BCUT2D eigenvalue weighted by atomic mass is 9.82. The molecule has 2 saturated carbocycles. The molecule has 108 valence electrons. The minimum absolute atomic E-state index is 0.0751. The molecule has 2 rings (SSSR count). The number of nitrogens with one attached hydrogen (secondary N) is 2. The molecule has 0 radical (unpaired) electrons. The van der Waals surface area contributed by atoms with Crippen LogP contribution >= 0.6 is 0 Å². The summed E-state index contributed by atoms with van der Waals surface area (Å²) in [4.78, 5) is 22.3. The van der Waals surface area contributed by atoms with Crippen molar-refractivity contribution in [3.63, 3.8) is 0 Å². The second kappa shape index (κ2) is 6.89. The third-order valence-electron chi connectivity index (χ3n) is 4.20. The first-order chi connectivity index (χ1) is 9.15. The summed E-state index contributed by atoms with van der Waals surface area (Å²) in [6, 6.07) is 0. The maximum atomic E-state index is 11.5. The highest BCUT2D eigenvalue weighted by atomic mass is 16.4. The van der Waals surface area contributed by atoms with Crippen molar-refractivity contribution < 1.29 is 14.7 Å². The van der Waals surface area contributed by atoms with E-state index in [1.165, 1.54) is 12.8 Å². The van der Waals surface area contributed by atoms with Gasteiger partial charge in [0.05, 0.1) is 12.5 Å². The molecule has 0 bridgehead atoms. The molecule has 5 heteroatoms. The first-order valence-electron chi connectivity index (χ1n) is 7.35. The normalized spacial score (nSPS) is 26.9. The number of aliphatic carboxylic acids is 1. The average molecular weight is 268 g/mol. The van der Waals surface area contributed by atoms with E-state index in [-0.39, 0.29) is 11.8 Å². The zero-order chi connectivity index (χ0) is 13.7. The largest absolute Gasteiger partial charge is 0.481 e. The molecule has 0 aromatic carbocycles. The number of hydrogen-bond donors (Lipinski definition) is 3. The summed E-state index contributed by atoms with van der Waals surface area (Å²) >= 11 is 0. The molecule has 2 aliphatic carbocycles. The molecular formula is C14H24N2O3. The van der Waals surface area contributed by atoms with Crippen LogP contribution in [0.4, 0.5) is 0 Å². The Balaban J connectivity index is 1.51. The van der Waals surface area contributed by atoms with Crippen molar-refractivity contribution >= 4 is 11.9 Å². The van der Waals surface area contributed by atoms with Crippen molar-refractivity contribution in [2.45, 2.75) is 38.5 Å². The van der Waals surface area contributed by atoms with Gasteiger partial charge in [-0.3, -0.25) is 9.59 Å². The number of carboxylic acids is 1. The molecule has 0 atom stereocenters. The van der Waals surface area contributed by atoms with E-state index in [4.69, 9.17) is 5.11 Å². The average Bonchev–Trinajstić information content (AvgIpc) is 3.21. The summed E-state index contributed by atoms with van der Waals surface area (Å²) in [7, 11) is 0. The predicted molar refractivity (Wildman–Crippen MR) is 71.7 cm³/mol. The molecular weight excluding hydrogens is 244 g/mol. The van der Waals surface area contributed by atoms with Crippen molar-refractivity contribution in [1.29, 1.82) is 0 Å². The fraction of sp³-hybridized carbons (Fsp3) is 0.857. The number of hydrogen-bond acceptors (Lipinski definition) is 3. The van der Waals surface area contributed by atoms with E-state index in [2.05, 4.69) is 10.6 Å². The SMILES string of the molecule is O=C(CNCC1CCC(C(=O)O)CC1)NCC1CC1. The molecule has 0 saturated heterocycles. The van der Waals surface area contributed by atoms with Crippen molar-refractivity contribution in [3.8, 4) is 0 Å². The van der Waals surface area contributed by atoms with Crippen LogP contribution in [0, 0.1) is 17.8 Å². The van der Waals surface area contributed by atoms with E-state index in [9.17, 15) is 9.59 Å². The number of amides is 1. The van der Waals surface area contributed by atoms with Gasteiger partial charge in [-0.15, -0.1) is 0 Å². The summed E-state index contributed by atoms with van der Waals surface area (Å²) in [5, 5.41) is 15.0. The van der Waals surface area contributed by atoms with Gasteiger partial charge in [0.1, 0.15) is 0 Å². The lowest BCUT2D eigenvalue weighted by Gasteiger charge is -2.26. The lowest BCUT2D eigenvalue weighted by Crippen LogP contribution is -2.37. The molecule has 19 heavy (non-hydrogen) atoms. The highest BCUT2D eigenvalue weighted by Gasteiger charge is 2.25. The van der Waals surface area contributed by atoms with Crippen LogP contribution in [-0.2, 0) is 9.59 Å². The summed E-state index contributed by atoms with van der Waals surface area (Å²) in [6.07, 6.45) is 5.95. The second-order valence-electron chi connectivity index (χ2n) is 5.93. The molecule has 2 fully saturated rings. The topological polar surface area (TPSA) is 78.4 Å². The van der Waals surface area contributed by atoms with Gasteiger partial charge in [0.25, 0.3) is 0 Å². The fourth-order valence-corrected chi connectivity index (χ4v) is 2.65. The van der Waals surface area contributed by atoms with Gasteiger partial charge in [-0.25, -0.2) is 0 Å². The van der Waals surface area contributed by atoms with Gasteiger partial charge < -0.3 is 15.7 Å². The Hall–Kier alpha value is -1.10. The second-order valence-corrected chi connectivity index (χ2v) is 5.93. The van der Waals surface area contributed by atoms with E-state index in [1.807, 2.05) is 0 Å². The number of rotatable bonds is 7. The van der Waals surface area contributed by atoms with E-state index < -0.39 is 5.97 Å². The standard InChI is InChI=1S/C14H24N2O3/c17-13(16-8-11-1-2-11)9-15-7-10-3-5-12(6-4-10)14(18)19/h10-12,15H,1-9H2,(H,16,17)(H,18,19). The molecule has 5 nitrogen and oxygen atoms in total. The molecule has 0 aliphatic heterocycles. The van der Waals surface area contributed by atoms with Crippen LogP contribution in [0.2, 0.25) is 0 Å². The Bertz CT molecular complexity index is 321. The molecule has 0 aromatic rings. The Kier molecular flexibility index (Phi) is 5.19. The Morgan fingerprint density at radius 3 is 2.11 bits per heavy atom. The number of carbonyl (C=O) groups is 2. The minimum atomic E-state index is -0.661. The Morgan fingerprint density at radius 2 is 1.53 bits per heavy atom.